The summed E-state index contributed by atoms with van der Waals surface area (Å²) in [6.07, 6.45) is 2.17. The average molecular weight is 335 g/mol. The molecule has 1 fully saturated rings. The molecule has 0 bridgehead atoms. The smallest absolute Gasteiger partial charge is 0.321 e. The molecule has 1 N–H and O–H groups in total. The van der Waals surface area contributed by atoms with Crippen LogP contribution in [-0.2, 0) is 13.0 Å². The van der Waals surface area contributed by atoms with Crippen molar-refractivity contribution in [2.45, 2.75) is 32.4 Å². The first-order valence-corrected chi connectivity index (χ1v) is 9.12. The lowest BCUT2D eigenvalue weighted by atomic mass is 9.98. The Hall–Kier alpha value is -2.33. The predicted octanol–water partition coefficient (Wildman–Crippen LogP) is 3.66. The van der Waals surface area contributed by atoms with Gasteiger partial charge in [-0.1, -0.05) is 36.4 Å². The Labute approximate surface area is 149 Å². The van der Waals surface area contributed by atoms with Crippen LogP contribution in [0.3, 0.4) is 0 Å². The standard InChI is InChI=1S/C21H25N3O/c1-16-5-4-8-19(13-16)22-21(25)24-12-10-20(15-24)23-11-9-17-6-2-3-7-18(17)14-23/h2-8,13,20H,9-12,14-15H2,1H3,(H,22,25)/t20-/m0/s1. The van der Waals surface area contributed by atoms with Crippen molar-refractivity contribution in [2.24, 2.45) is 0 Å². The van der Waals surface area contributed by atoms with Gasteiger partial charge in [0.25, 0.3) is 0 Å². The molecular formula is C21H25N3O. The molecule has 0 spiro atoms. The first-order valence-electron chi connectivity index (χ1n) is 9.12. The molecule has 0 radical (unpaired) electrons. The number of carbonyl (C=O) groups excluding carboxylic acids is 1. The molecule has 2 amide bonds. The lowest BCUT2D eigenvalue weighted by Crippen LogP contribution is -2.42. The van der Waals surface area contributed by atoms with E-state index in [1.54, 1.807) is 0 Å². The quantitative estimate of drug-likeness (QED) is 0.909. The lowest BCUT2D eigenvalue weighted by molar-refractivity contribution is 0.177. The van der Waals surface area contributed by atoms with Gasteiger partial charge in [0, 0.05) is 37.9 Å². The summed E-state index contributed by atoms with van der Waals surface area (Å²) >= 11 is 0. The molecule has 2 heterocycles. The lowest BCUT2D eigenvalue weighted by Gasteiger charge is -2.33. The Kier molecular flexibility index (Phi) is 4.45. The van der Waals surface area contributed by atoms with Crippen LogP contribution in [0.2, 0.25) is 0 Å². The number of nitrogens with one attached hydrogen (secondary N) is 1. The highest BCUT2D eigenvalue weighted by molar-refractivity contribution is 5.89. The van der Waals surface area contributed by atoms with Gasteiger partial charge in [-0.15, -0.1) is 0 Å². The Balaban J connectivity index is 1.36. The zero-order chi connectivity index (χ0) is 17.2. The molecule has 0 saturated carbocycles. The normalized spacial score (nSPS) is 20.4. The molecule has 4 nitrogen and oxygen atoms in total. The Bertz CT molecular complexity index is 773. The Morgan fingerprint density at radius 1 is 1.08 bits per heavy atom. The van der Waals surface area contributed by atoms with Crippen LogP contribution in [0.4, 0.5) is 10.5 Å². The van der Waals surface area contributed by atoms with Crippen molar-refractivity contribution in [2.75, 3.05) is 25.0 Å². The SMILES string of the molecule is Cc1cccc(NC(=O)N2CC[C@H](N3CCc4ccccc4C3)C2)c1. The van der Waals surface area contributed by atoms with E-state index in [1.165, 1.54) is 11.1 Å². The molecule has 4 heteroatoms. The number of amides is 2. The van der Waals surface area contributed by atoms with E-state index in [4.69, 9.17) is 0 Å². The molecule has 2 aliphatic rings. The molecule has 0 aliphatic carbocycles. The molecule has 25 heavy (non-hydrogen) atoms. The number of likely N-dealkylation sites (tertiary alicyclic amines) is 1. The molecule has 2 aliphatic heterocycles. The van der Waals surface area contributed by atoms with Crippen LogP contribution in [0, 0.1) is 6.92 Å². The number of benzene rings is 2. The van der Waals surface area contributed by atoms with Crippen LogP contribution >= 0.6 is 0 Å². The van der Waals surface area contributed by atoms with Crippen molar-refractivity contribution < 1.29 is 4.79 Å². The van der Waals surface area contributed by atoms with E-state index in [1.807, 2.05) is 36.1 Å². The fourth-order valence-corrected chi connectivity index (χ4v) is 3.98. The highest BCUT2D eigenvalue weighted by Crippen LogP contribution is 2.25. The molecule has 1 saturated heterocycles. The summed E-state index contributed by atoms with van der Waals surface area (Å²) in [4.78, 5) is 17.0. The zero-order valence-electron chi connectivity index (χ0n) is 14.7. The summed E-state index contributed by atoms with van der Waals surface area (Å²) in [5, 5.41) is 3.03. The number of carbonyl (C=O) groups is 1. The van der Waals surface area contributed by atoms with E-state index < -0.39 is 0 Å². The summed E-state index contributed by atoms with van der Waals surface area (Å²) in [6, 6.07) is 17.2. The minimum absolute atomic E-state index is 0.0190. The van der Waals surface area contributed by atoms with Crippen molar-refractivity contribution in [3.8, 4) is 0 Å². The second-order valence-corrected chi connectivity index (χ2v) is 7.18. The van der Waals surface area contributed by atoms with Crippen LogP contribution in [0.1, 0.15) is 23.1 Å². The van der Waals surface area contributed by atoms with Gasteiger partial charge in [-0.05, 0) is 48.6 Å². The summed E-state index contributed by atoms with van der Waals surface area (Å²) in [5.41, 5.74) is 4.95. The Morgan fingerprint density at radius 3 is 2.76 bits per heavy atom. The number of nitrogens with zero attached hydrogens (tertiary/aromatic N) is 2. The van der Waals surface area contributed by atoms with Gasteiger partial charge < -0.3 is 10.2 Å². The van der Waals surface area contributed by atoms with Crippen molar-refractivity contribution in [1.29, 1.82) is 0 Å². The van der Waals surface area contributed by atoms with Gasteiger partial charge in [0.15, 0.2) is 0 Å². The van der Waals surface area contributed by atoms with E-state index in [0.717, 1.165) is 50.3 Å². The fraction of sp³-hybridized carbons (Fsp3) is 0.381. The molecule has 0 aromatic heterocycles. The minimum atomic E-state index is 0.0190. The fourth-order valence-electron chi connectivity index (χ4n) is 3.98. The maximum atomic E-state index is 12.5. The molecular weight excluding hydrogens is 310 g/mol. The first-order chi connectivity index (χ1) is 12.2. The zero-order valence-corrected chi connectivity index (χ0v) is 14.7. The van der Waals surface area contributed by atoms with E-state index in [2.05, 4.69) is 34.5 Å². The second-order valence-electron chi connectivity index (χ2n) is 7.18. The van der Waals surface area contributed by atoms with Crippen LogP contribution < -0.4 is 5.32 Å². The third-order valence-corrected chi connectivity index (χ3v) is 5.40. The van der Waals surface area contributed by atoms with E-state index in [0.29, 0.717) is 6.04 Å². The van der Waals surface area contributed by atoms with E-state index >= 15 is 0 Å². The third kappa shape index (κ3) is 3.54. The number of rotatable bonds is 2. The van der Waals surface area contributed by atoms with E-state index in [9.17, 15) is 4.79 Å². The summed E-state index contributed by atoms with van der Waals surface area (Å²) in [7, 11) is 0. The third-order valence-electron chi connectivity index (χ3n) is 5.40. The van der Waals surface area contributed by atoms with Gasteiger partial charge in [0.1, 0.15) is 0 Å². The highest BCUT2D eigenvalue weighted by atomic mass is 16.2. The monoisotopic (exact) mass is 335 g/mol. The number of fused-ring (bicyclic) bond motifs is 1. The topological polar surface area (TPSA) is 35.6 Å². The molecule has 1 atom stereocenters. The number of hydrogen-bond acceptors (Lipinski definition) is 2. The van der Waals surface area contributed by atoms with Gasteiger partial charge in [-0.3, -0.25) is 4.90 Å². The number of urea groups is 1. The average Bonchev–Trinajstić information content (AvgIpc) is 3.12. The predicted molar refractivity (Wildman–Crippen MR) is 101 cm³/mol. The van der Waals surface area contributed by atoms with Gasteiger partial charge in [0.05, 0.1) is 0 Å². The van der Waals surface area contributed by atoms with E-state index in [-0.39, 0.29) is 6.03 Å². The van der Waals surface area contributed by atoms with Crippen LogP contribution in [0.25, 0.3) is 0 Å². The number of anilines is 1. The maximum Gasteiger partial charge on any atom is 0.321 e. The minimum Gasteiger partial charge on any atom is -0.323 e. The summed E-state index contributed by atoms with van der Waals surface area (Å²) in [5.74, 6) is 0. The van der Waals surface area contributed by atoms with Crippen molar-refractivity contribution in [3.63, 3.8) is 0 Å². The number of aryl methyl sites for hydroxylation is 1. The van der Waals surface area contributed by atoms with Crippen molar-refractivity contribution in [3.05, 3.63) is 65.2 Å². The molecule has 0 unspecified atom stereocenters. The molecule has 2 aromatic rings. The molecule has 4 rings (SSSR count). The maximum absolute atomic E-state index is 12.5. The first kappa shape index (κ1) is 16.2. The van der Waals surface area contributed by atoms with Crippen molar-refractivity contribution >= 4 is 11.7 Å². The summed E-state index contributed by atoms with van der Waals surface area (Å²) in [6.45, 7) is 5.79. The van der Waals surface area contributed by atoms with Crippen LogP contribution in [0.15, 0.2) is 48.5 Å². The highest BCUT2D eigenvalue weighted by Gasteiger charge is 2.32. The second kappa shape index (κ2) is 6.89. The molecule has 130 valence electrons. The van der Waals surface area contributed by atoms with Gasteiger partial charge in [0.2, 0.25) is 0 Å². The Morgan fingerprint density at radius 2 is 1.92 bits per heavy atom. The van der Waals surface area contributed by atoms with Gasteiger partial charge >= 0.3 is 6.03 Å². The number of hydrogen-bond donors (Lipinski definition) is 1. The van der Waals surface area contributed by atoms with Crippen molar-refractivity contribution in [1.82, 2.24) is 9.80 Å². The van der Waals surface area contributed by atoms with Crippen LogP contribution in [0.5, 0.6) is 0 Å². The molecule has 2 aromatic carbocycles. The van der Waals surface area contributed by atoms with Gasteiger partial charge in [-0.2, -0.15) is 0 Å². The van der Waals surface area contributed by atoms with Crippen LogP contribution in [-0.4, -0.2) is 41.5 Å². The van der Waals surface area contributed by atoms with Gasteiger partial charge in [-0.25, -0.2) is 4.79 Å². The summed E-state index contributed by atoms with van der Waals surface area (Å²) < 4.78 is 0. The largest absolute Gasteiger partial charge is 0.323 e.